The molecule has 0 aliphatic heterocycles. The largest absolute Gasteiger partial charge is 0.106 e. The van der Waals surface area contributed by atoms with Gasteiger partial charge in [-0.05, 0) is 44.9 Å². The molecule has 0 unspecified atom stereocenters. The Hall–Kier alpha value is -0.390. The van der Waals surface area contributed by atoms with Gasteiger partial charge >= 0.3 is 0 Å². The van der Waals surface area contributed by atoms with Crippen molar-refractivity contribution in [3.05, 3.63) is 17.6 Å². The van der Waals surface area contributed by atoms with Gasteiger partial charge in [-0.1, -0.05) is 18.6 Å². The summed E-state index contributed by atoms with van der Waals surface area (Å²) in [6.07, 6.45) is 9.52. The third-order valence-corrected chi connectivity index (χ3v) is 5.08. The summed E-state index contributed by atoms with van der Waals surface area (Å²) in [5, 5.41) is 0. The van der Waals surface area contributed by atoms with Gasteiger partial charge in [-0.2, -0.15) is 0 Å². The van der Waals surface area contributed by atoms with Crippen molar-refractivity contribution in [1.82, 2.24) is 0 Å². The predicted octanol–water partition coefficient (Wildman–Crippen LogP) is 4.76. The Balaban J connectivity index is 2.23. The van der Waals surface area contributed by atoms with E-state index < -0.39 is 0 Å². The Morgan fingerprint density at radius 3 is 2.60 bits per heavy atom. The van der Waals surface area contributed by atoms with Gasteiger partial charge in [0.25, 0.3) is 0 Å². The molecular formula is C15H25+. The van der Waals surface area contributed by atoms with Crippen LogP contribution in [0.5, 0.6) is 0 Å². The van der Waals surface area contributed by atoms with Crippen LogP contribution in [0.15, 0.2) is 11.6 Å². The van der Waals surface area contributed by atoms with Crippen molar-refractivity contribution in [1.29, 1.82) is 0 Å². The van der Waals surface area contributed by atoms with Gasteiger partial charge in [-0.15, -0.1) is 0 Å². The van der Waals surface area contributed by atoms with Crippen LogP contribution >= 0.6 is 0 Å². The van der Waals surface area contributed by atoms with Crippen LogP contribution in [0.1, 0.15) is 59.8 Å². The standard InChI is InChI=1S/C15H25/c1-11(2)14-6-5-13(4)15(14)9-7-12(3)8-10-15/h7,13-14H,5-6,8-10H2,1-4H3/q+1/t13-,14-,15+/m1/s1. The number of hydrogen-bond donors (Lipinski definition) is 0. The fourth-order valence-corrected chi connectivity index (χ4v) is 3.96. The fourth-order valence-electron chi connectivity index (χ4n) is 3.96. The second-order valence-corrected chi connectivity index (χ2v) is 6.10. The molecule has 1 saturated carbocycles. The third kappa shape index (κ3) is 1.73. The molecule has 1 fully saturated rings. The average molecular weight is 205 g/mol. The summed E-state index contributed by atoms with van der Waals surface area (Å²) in [6, 6.07) is 0. The first-order valence-corrected chi connectivity index (χ1v) is 6.52. The Kier molecular flexibility index (Phi) is 2.87. The molecule has 0 bridgehead atoms. The first-order chi connectivity index (χ1) is 7.06. The van der Waals surface area contributed by atoms with E-state index in [0.717, 1.165) is 11.8 Å². The lowest BCUT2D eigenvalue weighted by Gasteiger charge is -2.39. The maximum absolute atomic E-state index is 2.52. The van der Waals surface area contributed by atoms with E-state index in [1.807, 2.05) is 0 Å². The lowest BCUT2D eigenvalue weighted by molar-refractivity contribution is 0.130. The van der Waals surface area contributed by atoms with Gasteiger partial charge in [-0.25, -0.2) is 0 Å². The zero-order valence-corrected chi connectivity index (χ0v) is 10.8. The minimum absolute atomic E-state index is 0.637. The lowest BCUT2D eigenvalue weighted by atomic mass is 9.62. The second kappa shape index (κ2) is 3.88. The van der Waals surface area contributed by atoms with Crippen molar-refractivity contribution in [2.45, 2.75) is 59.8 Å². The van der Waals surface area contributed by atoms with Crippen molar-refractivity contribution in [2.75, 3.05) is 0 Å². The van der Waals surface area contributed by atoms with Crippen LogP contribution in [0.4, 0.5) is 0 Å². The van der Waals surface area contributed by atoms with Crippen LogP contribution in [-0.4, -0.2) is 0 Å². The SMILES string of the molecule is CC1=CC[C@]2(CC1)[C@H](C)CC[C@@H]2[C+](C)C. The lowest BCUT2D eigenvalue weighted by Crippen LogP contribution is -2.34. The van der Waals surface area contributed by atoms with Crippen LogP contribution in [0.3, 0.4) is 0 Å². The van der Waals surface area contributed by atoms with Crippen LogP contribution in [0, 0.1) is 23.2 Å². The molecule has 2 aliphatic rings. The molecule has 0 nitrogen and oxygen atoms in total. The maximum Gasteiger partial charge on any atom is 0.106 e. The van der Waals surface area contributed by atoms with Gasteiger partial charge in [0.05, 0.1) is 19.8 Å². The quantitative estimate of drug-likeness (QED) is 0.427. The Bertz CT molecular complexity index is 261. The van der Waals surface area contributed by atoms with Crippen molar-refractivity contribution < 1.29 is 0 Å². The molecule has 84 valence electrons. The van der Waals surface area contributed by atoms with Crippen LogP contribution in [-0.2, 0) is 0 Å². The molecule has 3 atom stereocenters. The summed E-state index contributed by atoms with van der Waals surface area (Å²) in [5.41, 5.74) is 2.26. The molecule has 0 N–H and O–H groups in total. The molecule has 2 rings (SSSR count). The van der Waals surface area contributed by atoms with Crippen molar-refractivity contribution in [3.8, 4) is 0 Å². The van der Waals surface area contributed by atoms with E-state index in [-0.39, 0.29) is 0 Å². The molecule has 1 spiro atoms. The highest BCUT2D eigenvalue weighted by Crippen LogP contribution is 2.58. The van der Waals surface area contributed by atoms with Gasteiger partial charge < -0.3 is 0 Å². The highest BCUT2D eigenvalue weighted by atomic mass is 14.5. The Labute approximate surface area is 95.1 Å². The number of allylic oxidation sites excluding steroid dienone is 2. The van der Waals surface area contributed by atoms with Crippen molar-refractivity contribution in [3.63, 3.8) is 0 Å². The van der Waals surface area contributed by atoms with Crippen molar-refractivity contribution in [2.24, 2.45) is 17.3 Å². The molecule has 0 saturated heterocycles. The minimum atomic E-state index is 0.637. The predicted molar refractivity (Wildman–Crippen MR) is 66.5 cm³/mol. The summed E-state index contributed by atoms with van der Waals surface area (Å²) >= 11 is 0. The molecule has 0 heterocycles. The molecule has 0 radical (unpaired) electrons. The van der Waals surface area contributed by atoms with E-state index in [1.54, 1.807) is 11.5 Å². The fraction of sp³-hybridized carbons (Fsp3) is 0.800. The highest BCUT2D eigenvalue weighted by Gasteiger charge is 2.53. The number of hydrogen-bond acceptors (Lipinski definition) is 0. The van der Waals surface area contributed by atoms with E-state index in [2.05, 4.69) is 33.8 Å². The van der Waals surface area contributed by atoms with Crippen LogP contribution in [0.25, 0.3) is 0 Å². The van der Waals surface area contributed by atoms with Crippen LogP contribution < -0.4 is 0 Å². The number of rotatable bonds is 1. The molecule has 2 aliphatic carbocycles. The summed E-state index contributed by atoms with van der Waals surface area (Å²) in [5.74, 6) is 3.51. The normalized spacial score (nSPS) is 40.7. The molecule has 0 amide bonds. The molecular weight excluding hydrogens is 180 g/mol. The minimum Gasteiger partial charge on any atom is -0.0849 e. The molecule has 0 aromatic rings. The Morgan fingerprint density at radius 2 is 2.07 bits per heavy atom. The first-order valence-electron chi connectivity index (χ1n) is 6.52. The zero-order valence-electron chi connectivity index (χ0n) is 10.8. The highest BCUT2D eigenvalue weighted by molar-refractivity contribution is 5.15. The molecule has 0 aromatic carbocycles. The Morgan fingerprint density at radius 1 is 1.33 bits per heavy atom. The van der Waals surface area contributed by atoms with Crippen molar-refractivity contribution >= 4 is 0 Å². The summed E-state index contributed by atoms with van der Waals surface area (Å²) in [4.78, 5) is 0. The van der Waals surface area contributed by atoms with Gasteiger partial charge in [0.15, 0.2) is 0 Å². The van der Waals surface area contributed by atoms with Crippen LogP contribution in [0.2, 0.25) is 0 Å². The van der Waals surface area contributed by atoms with Gasteiger partial charge in [0.1, 0.15) is 5.92 Å². The summed E-state index contributed by atoms with van der Waals surface area (Å²) < 4.78 is 0. The molecule has 0 heteroatoms. The topological polar surface area (TPSA) is 0 Å². The van der Waals surface area contributed by atoms with Gasteiger partial charge in [-0.3, -0.25) is 0 Å². The summed E-state index contributed by atoms with van der Waals surface area (Å²) in [6.45, 7) is 9.46. The third-order valence-electron chi connectivity index (χ3n) is 5.08. The monoisotopic (exact) mass is 205 g/mol. The first kappa shape index (κ1) is 11.1. The summed E-state index contributed by atoms with van der Waals surface area (Å²) in [7, 11) is 0. The van der Waals surface area contributed by atoms with E-state index in [4.69, 9.17) is 0 Å². The zero-order chi connectivity index (χ0) is 11.1. The molecule has 15 heavy (non-hydrogen) atoms. The smallest absolute Gasteiger partial charge is 0.0849 e. The van der Waals surface area contributed by atoms with E-state index in [9.17, 15) is 0 Å². The van der Waals surface area contributed by atoms with Gasteiger partial charge in [0, 0.05) is 5.41 Å². The van der Waals surface area contributed by atoms with E-state index in [1.165, 1.54) is 32.1 Å². The van der Waals surface area contributed by atoms with E-state index >= 15 is 0 Å². The maximum atomic E-state index is 2.52. The second-order valence-electron chi connectivity index (χ2n) is 6.10. The average Bonchev–Trinajstić information content (AvgIpc) is 2.50. The van der Waals surface area contributed by atoms with E-state index in [0.29, 0.717) is 5.41 Å². The van der Waals surface area contributed by atoms with Gasteiger partial charge in [0.2, 0.25) is 0 Å². The molecule has 0 aromatic heterocycles.